The van der Waals surface area contributed by atoms with E-state index >= 15 is 0 Å². The van der Waals surface area contributed by atoms with Gasteiger partial charge in [-0.1, -0.05) is 17.7 Å². The minimum Gasteiger partial charge on any atom is -0.481 e. The fraction of sp³-hybridized carbons (Fsp3) is 0.235. The van der Waals surface area contributed by atoms with Crippen LogP contribution in [0.1, 0.15) is 22.8 Å². The lowest BCUT2D eigenvalue weighted by atomic mass is 10.2. The molecular weight excluding hydrogens is 296 g/mol. The maximum absolute atomic E-state index is 12.0. The normalized spacial score (nSPS) is 11.4. The Balaban J connectivity index is 1.94. The van der Waals surface area contributed by atoms with E-state index in [2.05, 4.69) is 10.3 Å². The van der Waals surface area contributed by atoms with Crippen LogP contribution in [-0.4, -0.2) is 30.1 Å². The van der Waals surface area contributed by atoms with E-state index in [9.17, 15) is 9.59 Å². The first-order chi connectivity index (χ1) is 11.0. The molecule has 1 heterocycles. The molecule has 1 N–H and O–H groups in total. The van der Waals surface area contributed by atoms with E-state index in [4.69, 9.17) is 9.47 Å². The topological polar surface area (TPSA) is 77.5 Å². The summed E-state index contributed by atoms with van der Waals surface area (Å²) in [4.78, 5) is 27.9. The summed E-state index contributed by atoms with van der Waals surface area (Å²) in [7, 11) is 1.48. The van der Waals surface area contributed by atoms with Crippen LogP contribution in [0.2, 0.25) is 0 Å². The third kappa shape index (κ3) is 4.54. The molecule has 6 nitrogen and oxygen atoms in total. The van der Waals surface area contributed by atoms with Gasteiger partial charge < -0.3 is 14.8 Å². The summed E-state index contributed by atoms with van der Waals surface area (Å²) in [5.41, 5.74) is 1.99. The smallest absolute Gasteiger partial charge is 0.340 e. The van der Waals surface area contributed by atoms with Crippen LogP contribution in [0, 0.1) is 6.92 Å². The maximum Gasteiger partial charge on any atom is 0.340 e. The lowest BCUT2D eigenvalue weighted by molar-refractivity contribution is -0.123. The number of carbonyl (C=O) groups is 2. The molecule has 2 aromatic rings. The second-order valence-corrected chi connectivity index (χ2v) is 4.99. The molecule has 0 saturated heterocycles. The van der Waals surface area contributed by atoms with Crippen molar-refractivity contribution in [3.05, 3.63) is 53.7 Å². The molecule has 1 amide bonds. The molecule has 0 fully saturated rings. The highest BCUT2D eigenvalue weighted by molar-refractivity contribution is 5.97. The van der Waals surface area contributed by atoms with Crippen molar-refractivity contribution < 1.29 is 19.1 Å². The second kappa shape index (κ2) is 7.40. The number of aryl methyl sites for hydroxylation is 1. The van der Waals surface area contributed by atoms with Crippen LogP contribution in [0.15, 0.2) is 42.6 Å². The molecule has 1 atom stereocenters. The van der Waals surface area contributed by atoms with E-state index in [0.717, 1.165) is 5.56 Å². The largest absolute Gasteiger partial charge is 0.481 e. The zero-order chi connectivity index (χ0) is 16.8. The molecule has 0 spiro atoms. The number of nitrogens with zero attached hydrogens (tertiary/aromatic N) is 1. The van der Waals surface area contributed by atoms with Crippen LogP contribution in [0.25, 0.3) is 0 Å². The number of hydrogen-bond donors (Lipinski definition) is 1. The number of aromatic nitrogens is 1. The van der Waals surface area contributed by atoms with Gasteiger partial charge in [-0.25, -0.2) is 9.78 Å². The Morgan fingerprint density at radius 3 is 2.39 bits per heavy atom. The van der Waals surface area contributed by atoms with Crippen molar-refractivity contribution in [3.8, 4) is 5.88 Å². The first-order valence-corrected chi connectivity index (χ1v) is 7.08. The molecule has 23 heavy (non-hydrogen) atoms. The number of esters is 1. The Morgan fingerprint density at radius 1 is 1.13 bits per heavy atom. The van der Waals surface area contributed by atoms with Gasteiger partial charge in [0.15, 0.2) is 6.10 Å². The minimum absolute atomic E-state index is 0.251. The molecule has 0 aliphatic carbocycles. The summed E-state index contributed by atoms with van der Waals surface area (Å²) >= 11 is 0. The number of ether oxygens (including phenoxy) is 2. The highest BCUT2D eigenvalue weighted by Crippen LogP contribution is 2.11. The summed E-state index contributed by atoms with van der Waals surface area (Å²) in [6.07, 6.45) is 0.414. The third-order valence-corrected chi connectivity index (χ3v) is 3.15. The Labute approximate surface area is 134 Å². The standard InChI is InChI=1S/C17H18N2O4/c1-11-4-7-14(8-5-11)19-16(20)12(2)23-17(21)13-6-9-15(22-3)18-10-13/h4-10,12H,1-3H3,(H,19,20)/t12-/m0/s1. The van der Waals surface area contributed by atoms with Gasteiger partial charge in [0.2, 0.25) is 5.88 Å². The predicted molar refractivity (Wildman–Crippen MR) is 85.5 cm³/mol. The van der Waals surface area contributed by atoms with Gasteiger partial charge in [-0.15, -0.1) is 0 Å². The molecule has 120 valence electrons. The Bertz CT molecular complexity index is 681. The molecule has 0 unspecified atom stereocenters. The fourth-order valence-corrected chi connectivity index (χ4v) is 1.78. The third-order valence-electron chi connectivity index (χ3n) is 3.15. The number of methoxy groups -OCH3 is 1. The van der Waals surface area contributed by atoms with Crippen LogP contribution in [0.4, 0.5) is 5.69 Å². The van der Waals surface area contributed by atoms with Crippen LogP contribution in [0.3, 0.4) is 0 Å². The van der Waals surface area contributed by atoms with Crippen LogP contribution >= 0.6 is 0 Å². The summed E-state index contributed by atoms with van der Waals surface area (Å²) in [5, 5.41) is 2.69. The van der Waals surface area contributed by atoms with Gasteiger partial charge >= 0.3 is 5.97 Å². The van der Waals surface area contributed by atoms with Crippen molar-refractivity contribution in [3.63, 3.8) is 0 Å². The van der Waals surface area contributed by atoms with E-state index in [0.29, 0.717) is 11.6 Å². The molecule has 0 aliphatic rings. The number of benzene rings is 1. The van der Waals surface area contributed by atoms with E-state index in [1.165, 1.54) is 26.3 Å². The monoisotopic (exact) mass is 314 g/mol. The molecule has 1 aromatic heterocycles. The van der Waals surface area contributed by atoms with E-state index < -0.39 is 18.0 Å². The minimum atomic E-state index is -0.925. The summed E-state index contributed by atoms with van der Waals surface area (Å²) < 4.78 is 10.1. The summed E-state index contributed by atoms with van der Waals surface area (Å²) in [6, 6.07) is 10.4. The molecular formula is C17H18N2O4. The summed E-state index contributed by atoms with van der Waals surface area (Å²) in [5.74, 6) is -0.623. The quantitative estimate of drug-likeness (QED) is 0.858. The predicted octanol–water partition coefficient (Wildman–Crippen LogP) is 2.58. The Kier molecular flexibility index (Phi) is 5.30. The fourth-order valence-electron chi connectivity index (χ4n) is 1.78. The lowest BCUT2D eigenvalue weighted by Gasteiger charge is -2.13. The van der Waals surface area contributed by atoms with Gasteiger partial charge in [-0.3, -0.25) is 4.79 Å². The van der Waals surface area contributed by atoms with E-state index in [-0.39, 0.29) is 5.56 Å². The number of anilines is 1. The van der Waals surface area contributed by atoms with Crippen molar-refractivity contribution in [1.82, 2.24) is 4.98 Å². The number of rotatable bonds is 5. The number of nitrogens with one attached hydrogen (secondary N) is 1. The number of amides is 1. The highest BCUT2D eigenvalue weighted by Gasteiger charge is 2.19. The molecule has 0 bridgehead atoms. The van der Waals surface area contributed by atoms with Crippen molar-refractivity contribution in [2.24, 2.45) is 0 Å². The molecule has 1 aromatic carbocycles. The van der Waals surface area contributed by atoms with Gasteiger partial charge in [0.05, 0.1) is 12.7 Å². The van der Waals surface area contributed by atoms with E-state index in [1.54, 1.807) is 18.2 Å². The maximum atomic E-state index is 12.0. The van der Waals surface area contributed by atoms with Crippen molar-refractivity contribution in [1.29, 1.82) is 0 Å². The van der Waals surface area contributed by atoms with Crippen LogP contribution < -0.4 is 10.1 Å². The van der Waals surface area contributed by atoms with Gasteiger partial charge in [0.1, 0.15) is 0 Å². The van der Waals surface area contributed by atoms with Gasteiger partial charge in [-0.2, -0.15) is 0 Å². The molecule has 6 heteroatoms. The van der Waals surface area contributed by atoms with Crippen molar-refractivity contribution >= 4 is 17.6 Å². The van der Waals surface area contributed by atoms with Crippen LogP contribution in [-0.2, 0) is 9.53 Å². The average molecular weight is 314 g/mol. The van der Waals surface area contributed by atoms with Gasteiger partial charge in [0.25, 0.3) is 5.91 Å². The van der Waals surface area contributed by atoms with Crippen molar-refractivity contribution in [2.45, 2.75) is 20.0 Å². The SMILES string of the molecule is COc1ccc(C(=O)O[C@@H](C)C(=O)Nc2ccc(C)cc2)cn1. The molecule has 0 aliphatic heterocycles. The Morgan fingerprint density at radius 2 is 1.83 bits per heavy atom. The first-order valence-electron chi connectivity index (χ1n) is 7.08. The van der Waals surface area contributed by atoms with Crippen LogP contribution in [0.5, 0.6) is 5.88 Å². The van der Waals surface area contributed by atoms with E-state index in [1.807, 2.05) is 19.1 Å². The first kappa shape index (κ1) is 16.5. The molecule has 0 saturated carbocycles. The molecule has 0 radical (unpaired) electrons. The number of hydrogen-bond acceptors (Lipinski definition) is 5. The molecule has 2 rings (SSSR count). The van der Waals surface area contributed by atoms with Gasteiger partial charge in [0, 0.05) is 18.0 Å². The number of pyridine rings is 1. The highest BCUT2D eigenvalue weighted by atomic mass is 16.5. The zero-order valence-electron chi connectivity index (χ0n) is 13.2. The zero-order valence-corrected chi connectivity index (χ0v) is 13.2. The summed E-state index contributed by atoms with van der Waals surface area (Å²) in [6.45, 7) is 3.47. The lowest BCUT2D eigenvalue weighted by Crippen LogP contribution is -2.30. The average Bonchev–Trinajstić information content (AvgIpc) is 2.56. The second-order valence-electron chi connectivity index (χ2n) is 4.99. The number of carbonyl (C=O) groups excluding carboxylic acids is 2. The van der Waals surface area contributed by atoms with Gasteiger partial charge in [-0.05, 0) is 32.0 Å². The van der Waals surface area contributed by atoms with Crippen molar-refractivity contribution in [2.75, 3.05) is 12.4 Å². The Hall–Kier alpha value is -2.89.